The van der Waals surface area contributed by atoms with Crippen molar-refractivity contribution >= 4 is 43.0 Å². The summed E-state index contributed by atoms with van der Waals surface area (Å²) < 4.78 is 58.5. The molecule has 30 heavy (non-hydrogen) atoms. The summed E-state index contributed by atoms with van der Waals surface area (Å²) in [6.45, 7) is 1.70. The molecule has 1 unspecified atom stereocenters. The van der Waals surface area contributed by atoms with Crippen LogP contribution in [0.5, 0.6) is 0 Å². The third kappa shape index (κ3) is 5.36. The van der Waals surface area contributed by atoms with Gasteiger partial charge >= 0.3 is 6.09 Å². The summed E-state index contributed by atoms with van der Waals surface area (Å²) in [5.41, 5.74) is 1.22. The van der Waals surface area contributed by atoms with Gasteiger partial charge in [-0.25, -0.2) is 21.8 Å². The number of halogens is 1. The smallest absolute Gasteiger partial charge is 0.414 e. The minimum absolute atomic E-state index is 0.0242. The molecule has 2 aliphatic heterocycles. The van der Waals surface area contributed by atoms with Crippen LogP contribution < -0.4 is 10.2 Å². The first-order valence-electron chi connectivity index (χ1n) is 9.11. The number of sulfonamides is 1. The van der Waals surface area contributed by atoms with Gasteiger partial charge in [0.05, 0.1) is 40.5 Å². The monoisotopic (exact) mass is 459 g/mol. The maximum atomic E-state index is 14.8. The number of cyclic esters (lactones) is 1. The third-order valence-electron chi connectivity index (χ3n) is 4.61. The van der Waals surface area contributed by atoms with Crippen LogP contribution in [0.15, 0.2) is 28.0 Å². The third-order valence-corrected chi connectivity index (χ3v) is 8.31. The lowest BCUT2D eigenvalue weighted by Crippen LogP contribution is -2.33. The molecule has 9 nitrogen and oxygen atoms in total. The van der Waals surface area contributed by atoms with Gasteiger partial charge in [0, 0.05) is 18.2 Å². The number of carbonyl (C=O) groups is 2. The lowest BCUT2D eigenvalue weighted by atomic mass is 10.0. The zero-order chi connectivity index (χ0) is 22.1. The highest BCUT2D eigenvalue weighted by Gasteiger charge is 2.33. The minimum Gasteiger partial charge on any atom is -0.442 e. The van der Waals surface area contributed by atoms with Crippen LogP contribution in [0.4, 0.5) is 14.9 Å². The topological polar surface area (TPSA) is 122 Å². The fourth-order valence-corrected chi connectivity index (χ4v) is 6.96. The molecule has 1 fully saturated rings. The molecule has 0 saturated carbocycles. The van der Waals surface area contributed by atoms with Crippen molar-refractivity contribution in [2.45, 2.75) is 19.4 Å². The van der Waals surface area contributed by atoms with Crippen molar-refractivity contribution in [2.75, 3.05) is 35.8 Å². The van der Waals surface area contributed by atoms with Gasteiger partial charge in [-0.3, -0.25) is 9.69 Å². The van der Waals surface area contributed by atoms with Gasteiger partial charge in [-0.05, 0) is 30.2 Å². The van der Waals surface area contributed by atoms with Crippen molar-refractivity contribution in [1.29, 1.82) is 0 Å². The van der Waals surface area contributed by atoms with E-state index in [0.29, 0.717) is 16.8 Å². The molecular weight excluding hydrogens is 437 g/mol. The Morgan fingerprint density at radius 3 is 2.73 bits per heavy atom. The van der Waals surface area contributed by atoms with Crippen LogP contribution in [-0.2, 0) is 29.3 Å². The number of allylic oxidation sites excluding steroid dienone is 1. The van der Waals surface area contributed by atoms with E-state index in [1.165, 1.54) is 24.0 Å². The first-order chi connectivity index (χ1) is 14.0. The van der Waals surface area contributed by atoms with Crippen LogP contribution in [-0.4, -0.2) is 61.6 Å². The Hall–Kier alpha value is -2.47. The molecule has 1 aromatic rings. The van der Waals surface area contributed by atoms with Crippen LogP contribution in [0.25, 0.3) is 5.57 Å². The first-order valence-corrected chi connectivity index (χ1v) is 12.8. The van der Waals surface area contributed by atoms with Crippen molar-refractivity contribution in [3.63, 3.8) is 0 Å². The van der Waals surface area contributed by atoms with Gasteiger partial charge in [0.1, 0.15) is 11.9 Å². The predicted molar refractivity (Wildman–Crippen MR) is 110 cm³/mol. The Kier molecular flexibility index (Phi) is 6.18. The number of hydrogen-bond acceptors (Lipinski definition) is 6. The molecule has 0 aromatic heterocycles. The molecular formula is C18H22FN3O6S2. The number of nitrogens with zero attached hydrogens (tertiary/aromatic N) is 2. The maximum Gasteiger partial charge on any atom is 0.414 e. The van der Waals surface area contributed by atoms with Gasteiger partial charge in [0.2, 0.25) is 5.91 Å². The summed E-state index contributed by atoms with van der Waals surface area (Å²) in [6, 6.07) is 4.31. The second kappa shape index (κ2) is 8.34. The zero-order valence-electron chi connectivity index (χ0n) is 16.5. The van der Waals surface area contributed by atoms with E-state index in [1.807, 2.05) is 0 Å². The highest BCUT2D eigenvalue weighted by atomic mass is 32.3. The number of carbonyl (C=O) groups excluding carboxylic acids is 2. The normalized spacial score (nSPS) is 24.2. The average molecular weight is 460 g/mol. The number of hydrogen-bond donors (Lipinski definition) is 1. The number of nitrogens with one attached hydrogen (secondary N) is 1. The van der Waals surface area contributed by atoms with Crippen LogP contribution in [0.3, 0.4) is 0 Å². The molecule has 2 amide bonds. The highest BCUT2D eigenvalue weighted by Crippen LogP contribution is 2.30. The Bertz CT molecular complexity index is 1140. The lowest BCUT2D eigenvalue weighted by molar-refractivity contribution is -0.119. The molecule has 1 saturated heterocycles. The van der Waals surface area contributed by atoms with E-state index in [4.69, 9.17) is 4.74 Å². The number of amides is 2. The fraction of sp³-hybridized carbons (Fsp3) is 0.444. The summed E-state index contributed by atoms with van der Waals surface area (Å²) in [7, 11) is -6.64. The Morgan fingerprint density at radius 2 is 2.17 bits per heavy atom. The molecule has 3 rings (SSSR count). The summed E-state index contributed by atoms with van der Waals surface area (Å²) in [5, 5.41) is 2.57. The van der Waals surface area contributed by atoms with Crippen LogP contribution in [0.1, 0.15) is 18.9 Å². The minimum atomic E-state index is -3.73. The molecule has 0 radical (unpaired) electrons. The molecule has 1 aromatic carbocycles. The van der Waals surface area contributed by atoms with E-state index in [1.54, 1.807) is 12.1 Å². The molecule has 2 heterocycles. The van der Waals surface area contributed by atoms with Crippen LogP contribution >= 0.6 is 0 Å². The number of ether oxygens (including phenoxy) is 1. The second-order valence-electron chi connectivity index (χ2n) is 7.15. The largest absolute Gasteiger partial charge is 0.442 e. The highest BCUT2D eigenvalue weighted by molar-refractivity contribution is 8.03. The van der Waals surface area contributed by atoms with E-state index in [-0.39, 0.29) is 36.9 Å². The standard InChI is InChI=1S/C18H22FN3O6S2/c1-12(23)20-10-15-11-22(18(24)28-15)14-3-4-16(17(19)9-14)13-5-7-30(27,8-6-13)21-29(2,25)26/h3-5,9,15H,6-8,10-11H2,1-2H3,(H,20,23)/t15-,30?/m0/s1. The zero-order valence-corrected chi connectivity index (χ0v) is 18.1. The second-order valence-corrected chi connectivity index (χ2v) is 11.5. The average Bonchev–Trinajstić information content (AvgIpc) is 3.00. The quantitative estimate of drug-likeness (QED) is 0.712. The van der Waals surface area contributed by atoms with Gasteiger partial charge in [-0.1, -0.05) is 6.08 Å². The lowest BCUT2D eigenvalue weighted by Gasteiger charge is -2.19. The van der Waals surface area contributed by atoms with Crippen molar-refractivity contribution in [1.82, 2.24) is 5.32 Å². The van der Waals surface area contributed by atoms with Crippen molar-refractivity contribution in [3.05, 3.63) is 35.7 Å². The van der Waals surface area contributed by atoms with Gasteiger partial charge < -0.3 is 10.1 Å². The van der Waals surface area contributed by atoms with Crippen molar-refractivity contribution in [3.8, 4) is 0 Å². The van der Waals surface area contributed by atoms with Crippen molar-refractivity contribution in [2.24, 2.45) is 3.77 Å². The predicted octanol–water partition coefficient (Wildman–Crippen LogP) is 1.50. The van der Waals surface area contributed by atoms with Crippen LogP contribution in [0, 0.1) is 5.82 Å². The van der Waals surface area contributed by atoms with Gasteiger partial charge in [-0.2, -0.15) is 0 Å². The Labute approximate surface area is 174 Å². The van der Waals surface area contributed by atoms with Gasteiger partial charge in [-0.15, -0.1) is 3.77 Å². The number of rotatable bonds is 5. The Balaban J connectivity index is 1.76. The molecule has 2 aliphatic rings. The molecule has 12 heteroatoms. The van der Waals surface area contributed by atoms with Crippen molar-refractivity contribution < 1.29 is 31.3 Å². The molecule has 0 aliphatic carbocycles. The van der Waals surface area contributed by atoms with Crippen LogP contribution in [0.2, 0.25) is 0 Å². The Morgan fingerprint density at radius 1 is 1.43 bits per heavy atom. The van der Waals surface area contributed by atoms with E-state index in [0.717, 1.165) is 6.26 Å². The van der Waals surface area contributed by atoms with E-state index in [9.17, 15) is 26.6 Å². The molecule has 0 bridgehead atoms. The molecule has 0 spiro atoms. The number of benzene rings is 1. The van der Waals surface area contributed by atoms with E-state index in [2.05, 4.69) is 9.08 Å². The van der Waals surface area contributed by atoms with E-state index >= 15 is 0 Å². The molecule has 1 N–H and O–H groups in total. The number of anilines is 1. The first kappa shape index (κ1) is 22.2. The molecule has 164 valence electrons. The van der Waals surface area contributed by atoms with E-state index < -0.39 is 37.8 Å². The molecule has 2 atom stereocenters. The summed E-state index contributed by atoms with van der Waals surface area (Å²) in [4.78, 5) is 24.4. The van der Waals surface area contributed by atoms with Gasteiger partial charge in [0.15, 0.2) is 0 Å². The maximum absolute atomic E-state index is 14.8. The summed E-state index contributed by atoms with van der Waals surface area (Å²) in [5.74, 6) is -0.852. The summed E-state index contributed by atoms with van der Waals surface area (Å²) >= 11 is 0. The summed E-state index contributed by atoms with van der Waals surface area (Å²) in [6.07, 6.45) is 1.50. The fourth-order valence-electron chi connectivity index (χ4n) is 3.27. The SMILES string of the molecule is CC(=O)NC[C@H]1CN(c2ccc(C3=CCS(=O)(=NS(C)(=O)=O)CC3)c(F)c2)C(=O)O1. The van der Waals surface area contributed by atoms with Gasteiger partial charge in [0.25, 0.3) is 10.0 Å².